The fourth-order valence-corrected chi connectivity index (χ4v) is 2.84. The van der Waals surface area contributed by atoms with Gasteiger partial charge in [-0.05, 0) is 57.6 Å². The highest BCUT2D eigenvalue weighted by atomic mass is 19.1. The van der Waals surface area contributed by atoms with Gasteiger partial charge in [0.15, 0.2) is 5.78 Å². The van der Waals surface area contributed by atoms with Crippen molar-refractivity contribution in [3.8, 4) is 0 Å². The Morgan fingerprint density at radius 1 is 1.10 bits per heavy atom. The van der Waals surface area contributed by atoms with Crippen molar-refractivity contribution in [3.05, 3.63) is 29.1 Å². The molecule has 0 aromatic heterocycles. The van der Waals surface area contributed by atoms with Gasteiger partial charge in [0.05, 0.1) is 11.2 Å². The summed E-state index contributed by atoms with van der Waals surface area (Å²) >= 11 is 0. The molecule has 0 amide bonds. The molecule has 21 heavy (non-hydrogen) atoms. The Balaban J connectivity index is 2.00. The molecule has 1 aromatic carbocycles. The molecular weight excluding hydrogens is 270 g/mol. The average molecular weight is 290 g/mol. The molecule has 0 spiro atoms. The number of halogens is 1. The minimum absolute atomic E-state index is 0.00789. The molecule has 112 valence electrons. The van der Waals surface area contributed by atoms with Crippen molar-refractivity contribution in [1.82, 2.24) is 0 Å². The van der Waals surface area contributed by atoms with Gasteiger partial charge in [0.25, 0.3) is 0 Å². The van der Waals surface area contributed by atoms with Crippen LogP contribution in [0.1, 0.15) is 56.5 Å². The van der Waals surface area contributed by atoms with Crippen LogP contribution in [0.3, 0.4) is 0 Å². The minimum atomic E-state index is -0.635. The van der Waals surface area contributed by atoms with Crippen LogP contribution in [0.5, 0.6) is 0 Å². The standard InChI is InChI=1S/C16H20BFO3/c1-15(2)16(3,4)21-17(20-15)10-8-12-11(13(18)9-10)6-5-7-14(12)19/h8-9H,5-7H2,1-4H3. The first-order chi connectivity index (χ1) is 9.71. The molecule has 2 aliphatic rings. The zero-order chi connectivity index (χ0) is 15.4. The fraction of sp³-hybridized carbons (Fsp3) is 0.562. The number of hydrogen-bond acceptors (Lipinski definition) is 3. The van der Waals surface area contributed by atoms with E-state index in [0.717, 1.165) is 6.42 Å². The number of fused-ring (bicyclic) bond motifs is 1. The first-order valence-corrected chi connectivity index (χ1v) is 7.42. The number of carbonyl (C=O) groups excluding carboxylic acids is 1. The average Bonchev–Trinajstić information content (AvgIpc) is 2.60. The second-order valence-electron chi connectivity index (χ2n) is 6.89. The Morgan fingerprint density at radius 2 is 1.71 bits per heavy atom. The van der Waals surface area contributed by atoms with Gasteiger partial charge in [-0.15, -0.1) is 0 Å². The highest BCUT2D eigenvalue weighted by Crippen LogP contribution is 2.36. The van der Waals surface area contributed by atoms with Crippen molar-refractivity contribution < 1.29 is 18.5 Å². The number of benzene rings is 1. The maximum atomic E-state index is 14.3. The third kappa shape index (κ3) is 2.32. The fourth-order valence-electron chi connectivity index (χ4n) is 2.84. The molecule has 1 saturated heterocycles. The van der Waals surface area contributed by atoms with Crippen molar-refractivity contribution in [1.29, 1.82) is 0 Å². The molecule has 3 nitrogen and oxygen atoms in total. The lowest BCUT2D eigenvalue weighted by Gasteiger charge is -2.32. The van der Waals surface area contributed by atoms with Crippen LogP contribution in [0.25, 0.3) is 0 Å². The van der Waals surface area contributed by atoms with Crippen LogP contribution < -0.4 is 5.46 Å². The molecule has 1 aliphatic heterocycles. The molecule has 0 N–H and O–H groups in total. The van der Waals surface area contributed by atoms with Crippen molar-refractivity contribution >= 4 is 18.4 Å². The van der Waals surface area contributed by atoms with E-state index in [9.17, 15) is 9.18 Å². The van der Waals surface area contributed by atoms with Crippen molar-refractivity contribution in [2.24, 2.45) is 0 Å². The summed E-state index contributed by atoms with van der Waals surface area (Å²) < 4.78 is 26.1. The van der Waals surface area contributed by atoms with Crippen molar-refractivity contribution in [2.45, 2.75) is 58.2 Å². The molecular formula is C16H20BFO3. The molecule has 0 bridgehead atoms. The third-order valence-electron chi connectivity index (χ3n) is 4.87. The second-order valence-corrected chi connectivity index (χ2v) is 6.89. The predicted molar refractivity (Wildman–Crippen MR) is 79.4 cm³/mol. The molecule has 1 fully saturated rings. The summed E-state index contributed by atoms with van der Waals surface area (Å²) in [6.07, 6.45) is 1.83. The Labute approximate surface area is 125 Å². The second kappa shape index (κ2) is 4.65. The Bertz CT molecular complexity index is 594. The summed E-state index contributed by atoms with van der Waals surface area (Å²) in [5.74, 6) is -0.321. The van der Waals surface area contributed by atoms with E-state index in [1.54, 1.807) is 6.07 Å². The molecule has 0 atom stereocenters. The van der Waals surface area contributed by atoms with Gasteiger partial charge in [0, 0.05) is 12.0 Å². The summed E-state index contributed by atoms with van der Waals surface area (Å²) in [5, 5.41) is 0. The van der Waals surface area contributed by atoms with Crippen LogP contribution in [0.15, 0.2) is 12.1 Å². The molecule has 3 rings (SSSR count). The third-order valence-corrected chi connectivity index (χ3v) is 4.87. The number of carbonyl (C=O) groups is 1. The zero-order valence-corrected chi connectivity index (χ0v) is 13.0. The molecule has 5 heteroatoms. The Hall–Kier alpha value is -1.20. The van der Waals surface area contributed by atoms with E-state index >= 15 is 0 Å². The van der Waals surface area contributed by atoms with Crippen LogP contribution in [0, 0.1) is 5.82 Å². The lowest BCUT2D eigenvalue weighted by Crippen LogP contribution is -2.41. The van der Waals surface area contributed by atoms with Crippen molar-refractivity contribution in [2.75, 3.05) is 0 Å². The predicted octanol–water partition coefficient (Wildman–Crippen LogP) is 2.64. The SMILES string of the molecule is CC1(C)OB(c2cc(F)c3c(c2)C(=O)CCC3)OC1(C)C. The summed E-state index contributed by atoms with van der Waals surface area (Å²) in [7, 11) is -0.635. The smallest absolute Gasteiger partial charge is 0.399 e. The van der Waals surface area contributed by atoms with Crippen LogP contribution in [0.2, 0.25) is 0 Å². The van der Waals surface area contributed by atoms with E-state index < -0.39 is 18.3 Å². The maximum Gasteiger partial charge on any atom is 0.494 e. The van der Waals surface area contributed by atoms with Crippen LogP contribution >= 0.6 is 0 Å². The van der Waals surface area contributed by atoms with E-state index in [4.69, 9.17) is 9.31 Å². The van der Waals surface area contributed by atoms with Gasteiger partial charge in [0.2, 0.25) is 0 Å². The first kappa shape index (κ1) is 14.7. The van der Waals surface area contributed by atoms with Gasteiger partial charge >= 0.3 is 7.12 Å². The summed E-state index contributed by atoms with van der Waals surface area (Å²) in [6.45, 7) is 7.81. The van der Waals surface area contributed by atoms with Crippen molar-refractivity contribution in [3.63, 3.8) is 0 Å². The Kier molecular flexibility index (Phi) is 3.26. The van der Waals surface area contributed by atoms with Gasteiger partial charge in [-0.1, -0.05) is 6.07 Å². The van der Waals surface area contributed by atoms with E-state index in [1.807, 2.05) is 27.7 Å². The molecule has 0 unspecified atom stereocenters. The quantitative estimate of drug-likeness (QED) is 0.746. The van der Waals surface area contributed by atoms with E-state index in [0.29, 0.717) is 29.4 Å². The molecule has 1 heterocycles. The first-order valence-electron chi connectivity index (χ1n) is 7.42. The largest absolute Gasteiger partial charge is 0.494 e. The maximum absolute atomic E-state index is 14.3. The summed E-state index contributed by atoms with van der Waals surface area (Å²) in [5.41, 5.74) is 0.653. The normalized spacial score (nSPS) is 23.3. The molecule has 1 aromatic rings. The van der Waals surface area contributed by atoms with Gasteiger partial charge in [-0.3, -0.25) is 4.79 Å². The van der Waals surface area contributed by atoms with E-state index in [2.05, 4.69) is 0 Å². The van der Waals surface area contributed by atoms with E-state index in [1.165, 1.54) is 6.07 Å². The molecule has 1 aliphatic carbocycles. The topological polar surface area (TPSA) is 35.5 Å². The lowest BCUT2D eigenvalue weighted by atomic mass is 9.75. The van der Waals surface area contributed by atoms with Gasteiger partial charge in [0.1, 0.15) is 5.82 Å². The van der Waals surface area contributed by atoms with Gasteiger partial charge in [-0.25, -0.2) is 4.39 Å². The molecule has 0 saturated carbocycles. The van der Waals surface area contributed by atoms with Gasteiger partial charge < -0.3 is 9.31 Å². The van der Waals surface area contributed by atoms with E-state index in [-0.39, 0.29) is 11.6 Å². The van der Waals surface area contributed by atoms with Gasteiger partial charge in [-0.2, -0.15) is 0 Å². The highest BCUT2D eigenvalue weighted by Gasteiger charge is 2.52. The monoisotopic (exact) mass is 290 g/mol. The van der Waals surface area contributed by atoms with Crippen LogP contribution in [0.4, 0.5) is 4.39 Å². The van der Waals surface area contributed by atoms with Crippen LogP contribution in [-0.4, -0.2) is 24.1 Å². The number of hydrogen-bond donors (Lipinski definition) is 0. The number of rotatable bonds is 1. The molecule has 0 radical (unpaired) electrons. The summed E-state index contributed by atoms with van der Waals surface area (Å²) in [6, 6.07) is 3.18. The highest BCUT2D eigenvalue weighted by molar-refractivity contribution is 6.62. The minimum Gasteiger partial charge on any atom is -0.399 e. The zero-order valence-electron chi connectivity index (χ0n) is 13.0. The summed E-state index contributed by atoms with van der Waals surface area (Å²) in [4.78, 5) is 12.0. The van der Waals surface area contributed by atoms with Crippen LogP contribution in [-0.2, 0) is 15.7 Å². The number of Topliss-reactive ketones (excluding diaryl/α,β-unsaturated/α-hetero) is 1. The Morgan fingerprint density at radius 3 is 2.33 bits per heavy atom. The lowest BCUT2D eigenvalue weighted by molar-refractivity contribution is 0.00578. The number of ketones is 1.